The zero-order chi connectivity index (χ0) is 17.4. The molecule has 0 unspecified atom stereocenters. The van der Waals surface area contributed by atoms with Crippen molar-refractivity contribution in [3.8, 4) is 0 Å². The Bertz CT molecular complexity index is 839. The van der Waals surface area contributed by atoms with Crippen LogP contribution >= 0.6 is 0 Å². The predicted octanol–water partition coefficient (Wildman–Crippen LogP) is -1.96. The third kappa shape index (κ3) is 3.58. The number of ether oxygens (including phenoxy) is 1. The number of rotatable bonds is 5. The summed E-state index contributed by atoms with van der Waals surface area (Å²) in [6.07, 6.45) is 0.661. The van der Waals surface area contributed by atoms with E-state index in [1.54, 1.807) is 0 Å². The molecule has 10 nitrogen and oxygen atoms in total. The van der Waals surface area contributed by atoms with Crippen LogP contribution in [0, 0.1) is 6.92 Å². The normalized spacial score (nSPS) is 25.0. The van der Waals surface area contributed by atoms with Gasteiger partial charge in [-0.1, -0.05) is 0 Å². The van der Waals surface area contributed by atoms with Crippen LogP contribution in [0.15, 0.2) is 15.8 Å². The fraction of sp³-hybridized carbons (Fsp3) is 0.583. The van der Waals surface area contributed by atoms with Crippen molar-refractivity contribution in [3.05, 3.63) is 32.6 Å². The van der Waals surface area contributed by atoms with Gasteiger partial charge in [0.25, 0.3) is 15.7 Å². The van der Waals surface area contributed by atoms with Crippen LogP contribution in [0.4, 0.5) is 0 Å². The van der Waals surface area contributed by atoms with E-state index in [0.717, 1.165) is 10.8 Å². The van der Waals surface area contributed by atoms with Gasteiger partial charge in [-0.25, -0.2) is 4.79 Å². The largest absolute Gasteiger partial charge is 0.393 e. The van der Waals surface area contributed by atoms with Gasteiger partial charge in [-0.05, 0) is 6.92 Å². The molecule has 23 heavy (non-hydrogen) atoms. The van der Waals surface area contributed by atoms with Gasteiger partial charge in [0, 0.05) is 11.8 Å². The van der Waals surface area contributed by atoms with Gasteiger partial charge in [-0.15, -0.1) is 0 Å². The third-order valence-corrected chi connectivity index (χ3v) is 3.99. The molecular formula is C12H16N2O8S. The van der Waals surface area contributed by atoms with Crippen molar-refractivity contribution in [1.82, 2.24) is 9.55 Å². The lowest BCUT2D eigenvalue weighted by atomic mass is 10.0. The summed E-state index contributed by atoms with van der Waals surface area (Å²) in [5.74, 6) is -0.607. The van der Waals surface area contributed by atoms with E-state index < -0.39 is 52.2 Å². The number of carbonyl (C=O) groups is 1. The van der Waals surface area contributed by atoms with E-state index in [1.807, 2.05) is 0 Å². The van der Waals surface area contributed by atoms with Gasteiger partial charge in [-0.3, -0.25) is 23.3 Å². The Balaban J connectivity index is 2.33. The van der Waals surface area contributed by atoms with Gasteiger partial charge in [0.1, 0.15) is 12.8 Å². The Morgan fingerprint density at radius 3 is 2.70 bits per heavy atom. The quantitative estimate of drug-likeness (QED) is 0.584. The molecule has 0 aliphatic carbocycles. The van der Waals surface area contributed by atoms with Gasteiger partial charge >= 0.3 is 5.69 Å². The summed E-state index contributed by atoms with van der Waals surface area (Å²) in [5.41, 5.74) is -2.99. The molecule has 2 rings (SSSR count). The lowest BCUT2D eigenvalue weighted by molar-refractivity contribution is -0.148. The summed E-state index contributed by atoms with van der Waals surface area (Å²) < 4.78 is 33.1. The van der Waals surface area contributed by atoms with Crippen molar-refractivity contribution in [3.63, 3.8) is 0 Å². The molecule has 0 spiro atoms. The number of hydrogen-bond acceptors (Lipinski definition) is 8. The van der Waals surface area contributed by atoms with Gasteiger partial charge in [0.05, 0.1) is 19.3 Å². The number of H-pyrrole nitrogens is 1. The molecule has 11 heteroatoms. The summed E-state index contributed by atoms with van der Waals surface area (Å²) in [7, 11) is -3.85. The molecule has 1 aromatic rings. The van der Waals surface area contributed by atoms with Crippen LogP contribution < -0.4 is 11.2 Å². The standard InChI is InChI=1S/C12H16N2O8S/c1-7-4-14(11(18)13-10(7)17)9-3-8(16)12(5-15,22-9)6-21-23(2,19)20/h4,9,15H,3,5-6H2,1-2H3,(H,13,17,18)/t9-,12+/m1/s1. The van der Waals surface area contributed by atoms with E-state index in [9.17, 15) is 27.9 Å². The van der Waals surface area contributed by atoms with Crippen LogP contribution in [0.3, 0.4) is 0 Å². The third-order valence-electron chi connectivity index (χ3n) is 3.45. The first-order valence-electron chi connectivity index (χ1n) is 6.56. The first kappa shape index (κ1) is 17.5. The van der Waals surface area contributed by atoms with E-state index in [0.29, 0.717) is 0 Å². The number of Topliss-reactive ketones (excluding diaryl/α,β-unsaturated/α-hetero) is 1. The number of aliphatic hydroxyl groups is 1. The lowest BCUT2D eigenvalue weighted by Crippen LogP contribution is -2.45. The van der Waals surface area contributed by atoms with Crippen LogP contribution in [0.25, 0.3) is 0 Å². The van der Waals surface area contributed by atoms with Gasteiger partial charge in [-0.2, -0.15) is 8.42 Å². The second kappa shape index (κ2) is 6.00. The molecule has 128 valence electrons. The smallest absolute Gasteiger partial charge is 0.330 e. The monoisotopic (exact) mass is 348 g/mol. The first-order valence-corrected chi connectivity index (χ1v) is 8.38. The zero-order valence-electron chi connectivity index (χ0n) is 12.4. The maximum Gasteiger partial charge on any atom is 0.330 e. The second-order valence-electron chi connectivity index (χ2n) is 5.30. The minimum Gasteiger partial charge on any atom is -0.393 e. The second-order valence-corrected chi connectivity index (χ2v) is 6.94. The van der Waals surface area contributed by atoms with Gasteiger partial charge < -0.3 is 9.84 Å². The van der Waals surface area contributed by atoms with Crippen molar-refractivity contribution >= 4 is 15.9 Å². The molecule has 0 bridgehead atoms. The van der Waals surface area contributed by atoms with Gasteiger partial charge in [0.2, 0.25) is 0 Å². The van der Waals surface area contributed by atoms with E-state index in [4.69, 9.17) is 4.74 Å². The highest BCUT2D eigenvalue weighted by Gasteiger charge is 2.49. The van der Waals surface area contributed by atoms with E-state index in [-0.39, 0.29) is 12.0 Å². The summed E-state index contributed by atoms with van der Waals surface area (Å²) in [6, 6.07) is 0. The maximum atomic E-state index is 12.1. The predicted molar refractivity (Wildman–Crippen MR) is 76.4 cm³/mol. The molecular weight excluding hydrogens is 332 g/mol. The Morgan fingerprint density at radius 1 is 1.48 bits per heavy atom. The van der Waals surface area contributed by atoms with Crippen LogP contribution in [0.2, 0.25) is 0 Å². The molecule has 1 aliphatic rings. The summed E-state index contributed by atoms with van der Waals surface area (Å²) in [4.78, 5) is 37.4. The molecule has 0 saturated carbocycles. The minimum atomic E-state index is -3.85. The minimum absolute atomic E-state index is 0.231. The molecule has 1 fully saturated rings. The Labute approximate surface area is 130 Å². The average Bonchev–Trinajstić information content (AvgIpc) is 2.77. The van der Waals surface area contributed by atoms with Gasteiger partial charge in [0.15, 0.2) is 11.4 Å². The number of nitrogens with one attached hydrogen (secondary N) is 1. The summed E-state index contributed by atoms with van der Waals surface area (Å²) in [5, 5.41) is 9.45. The van der Waals surface area contributed by atoms with E-state index in [2.05, 4.69) is 9.17 Å². The number of aromatic nitrogens is 2. The molecule has 0 radical (unpaired) electrons. The Hall–Kier alpha value is -1.82. The van der Waals surface area contributed by atoms with Crippen LogP contribution in [0.1, 0.15) is 18.2 Å². The van der Waals surface area contributed by atoms with Crippen molar-refractivity contribution in [2.75, 3.05) is 19.5 Å². The fourth-order valence-corrected chi connectivity index (χ4v) is 2.56. The SMILES string of the molecule is Cc1cn([C@H]2CC(=O)[C@](CO)(COS(C)(=O)=O)O2)c(=O)[nH]c1=O. The molecule has 1 aliphatic heterocycles. The molecule has 1 aromatic heterocycles. The van der Waals surface area contributed by atoms with E-state index >= 15 is 0 Å². The van der Waals surface area contributed by atoms with Crippen molar-refractivity contribution < 1.29 is 27.2 Å². The Morgan fingerprint density at radius 2 is 2.13 bits per heavy atom. The lowest BCUT2D eigenvalue weighted by Gasteiger charge is -2.25. The number of ketones is 1. The molecule has 1 saturated heterocycles. The van der Waals surface area contributed by atoms with Crippen LogP contribution in [-0.2, 0) is 23.8 Å². The van der Waals surface area contributed by atoms with Crippen molar-refractivity contribution in [2.45, 2.75) is 25.2 Å². The van der Waals surface area contributed by atoms with Crippen molar-refractivity contribution in [2.24, 2.45) is 0 Å². The van der Waals surface area contributed by atoms with Crippen LogP contribution in [0.5, 0.6) is 0 Å². The van der Waals surface area contributed by atoms with Crippen molar-refractivity contribution in [1.29, 1.82) is 0 Å². The topological polar surface area (TPSA) is 145 Å². The highest BCUT2D eigenvalue weighted by atomic mass is 32.2. The summed E-state index contributed by atoms with van der Waals surface area (Å²) in [6.45, 7) is -0.0404. The molecule has 0 aromatic carbocycles. The fourth-order valence-electron chi connectivity index (χ4n) is 2.16. The number of aryl methyl sites for hydroxylation is 1. The number of nitrogens with zero attached hydrogens (tertiary/aromatic N) is 1. The number of aliphatic hydroxyl groups excluding tert-OH is 1. The first-order chi connectivity index (χ1) is 10.6. The number of hydrogen-bond donors (Lipinski definition) is 2. The molecule has 2 N–H and O–H groups in total. The molecule has 2 atom stereocenters. The van der Waals surface area contributed by atoms with E-state index in [1.165, 1.54) is 13.1 Å². The Kier molecular flexibility index (Phi) is 4.57. The maximum absolute atomic E-state index is 12.1. The number of aromatic amines is 1. The number of carbonyl (C=O) groups excluding carboxylic acids is 1. The molecule has 0 amide bonds. The highest BCUT2D eigenvalue weighted by Crippen LogP contribution is 2.33. The zero-order valence-corrected chi connectivity index (χ0v) is 13.3. The average molecular weight is 348 g/mol. The highest BCUT2D eigenvalue weighted by molar-refractivity contribution is 7.85. The van der Waals surface area contributed by atoms with Crippen LogP contribution in [-0.4, -0.2) is 53.9 Å². The summed E-state index contributed by atoms with van der Waals surface area (Å²) >= 11 is 0. The molecule has 2 heterocycles.